The first-order valence-corrected chi connectivity index (χ1v) is 10.3. The van der Waals surface area contributed by atoms with Crippen molar-refractivity contribution in [1.82, 2.24) is 15.5 Å². The second-order valence-corrected chi connectivity index (χ2v) is 7.12. The normalized spacial score (nSPS) is 10.4. The van der Waals surface area contributed by atoms with Gasteiger partial charge in [0, 0.05) is 22.7 Å². The van der Waals surface area contributed by atoms with Crippen LogP contribution in [-0.4, -0.2) is 42.5 Å². The SMILES string of the molecule is CCOc1ccc(-c2ccc(OCCNC(=O)COc3cc(Cl)ccc3Cl)nn2)cc1. The van der Waals surface area contributed by atoms with Gasteiger partial charge in [0.2, 0.25) is 5.88 Å². The molecule has 0 spiro atoms. The largest absolute Gasteiger partial charge is 0.494 e. The molecule has 9 heteroatoms. The highest BCUT2D eigenvalue weighted by Crippen LogP contribution is 2.27. The molecule has 1 heterocycles. The van der Waals surface area contributed by atoms with Gasteiger partial charge in [0.1, 0.15) is 18.1 Å². The minimum Gasteiger partial charge on any atom is -0.494 e. The Hall–Kier alpha value is -3.03. The molecule has 0 unspecified atom stereocenters. The van der Waals surface area contributed by atoms with Crippen LogP contribution in [0.5, 0.6) is 17.4 Å². The van der Waals surface area contributed by atoms with Crippen LogP contribution in [0.4, 0.5) is 0 Å². The Kier molecular flexibility index (Phi) is 8.32. The number of benzene rings is 2. The van der Waals surface area contributed by atoms with Crippen LogP contribution in [0.3, 0.4) is 0 Å². The van der Waals surface area contributed by atoms with Gasteiger partial charge in [0.15, 0.2) is 6.61 Å². The van der Waals surface area contributed by atoms with E-state index in [0.717, 1.165) is 17.0 Å². The van der Waals surface area contributed by atoms with Crippen LogP contribution in [0.2, 0.25) is 10.0 Å². The van der Waals surface area contributed by atoms with Gasteiger partial charge < -0.3 is 19.5 Å². The zero-order valence-corrected chi connectivity index (χ0v) is 18.3. The van der Waals surface area contributed by atoms with Crippen molar-refractivity contribution in [3.05, 3.63) is 64.6 Å². The van der Waals surface area contributed by atoms with Gasteiger partial charge in [-0.2, -0.15) is 0 Å². The Morgan fingerprint density at radius 3 is 2.48 bits per heavy atom. The molecule has 0 atom stereocenters. The summed E-state index contributed by atoms with van der Waals surface area (Å²) in [6.45, 7) is 2.90. The topological polar surface area (TPSA) is 82.6 Å². The van der Waals surface area contributed by atoms with Crippen LogP contribution < -0.4 is 19.5 Å². The van der Waals surface area contributed by atoms with E-state index in [0.29, 0.717) is 28.3 Å². The van der Waals surface area contributed by atoms with Crippen LogP contribution >= 0.6 is 23.2 Å². The Bertz CT molecular complexity index is 999. The maximum absolute atomic E-state index is 11.9. The molecule has 0 aliphatic rings. The van der Waals surface area contributed by atoms with Crippen LogP contribution in [-0.2, 0) is 4.79 Å². The van der Waals surface area contributed by atoms with Gasteiger partial charge in [-0.05, 0) is 49.4 Å². The van der Waals surface area contributed by atoms with E-state index in [1.807, 2.05) is 37.3 Å². The molecule has 1 aromatic heterocycles. The lowest BCUT2D eigenvalue weighted by atomic mass is 10.1. The molecule has 0 aliphatic carbocycles. The molecule has 1 N–H and O–H groups in total. The van der Waals surface area contributed by atoms with Crippen molar-refractivity contribution in [3.63, 3.8) is 0 Å². The summed E-state index contributed by atoms with van der Waals surface area (Å²) < 4.78 is 16.3. The Balaban J connectivity index is 1.39. The molecule has 0 bridgehead atoms. The summed E-state index contributed by atoms with van der Waals surface area (Å²) in [6, 6.07) is 16.0. The minimum atomic E-state index is -0.309. The summed E-state index contributed by atoms with van der Waals surface area (Å²) in [5, 5.41) is 11.8. The highest BCUT2D eigenvalue weighted by atomic mass is 35.5. The summed E-state index contributed by atoms with van der Waals surface area (Å²) in [7, 11) is 0. The maximum Gasteiger partial charge on any atom is 0.258 e. The number of halogens is 2. The first kappa shape index (κ1) is 22.7. The molecule has 31 heavy (non-hydrogen) atoms. The number of hydrogen-bond acceptors (Lipinski definition) is 6. The molecule has 7 nitrogen and oxygen atoms in total. The first-order valence-electron chi connectivity index (χ1n) is 9.59. The van der Waals surface area contributed by atoms with Crippen molar-refractivity contribution in [2.45, 2.75) is 6.92 Å². The lowest BCUT2D eigenvalue weighted by Crippen LogP contribution is -2.32. The van der Waals surface area contributed by atoms with Gasteiger partial charge >= 0.3 is 0 Å². The summed E-state index contributed by atoms with van der Waals surface area (Å²) >= 11 is 11.9. The van der Waals surface area contributed by atoms with E-state index >= 15 is 0 Å². The van der Waals surface area contributed by atoms with E-state index < -0.39 is 0 Å². The Morgan fingerprint density at radius 2 is 1.77 bits per heavy atom. The third-order valence-corrected chi connectivity index (χ3v) is 4.57. The third kappa shape index (κ3) is 7.01. The molecule has 3 aromatic rings. The Labute approximate surface area is 190 Å². The van der Waals surface area contributed by atoms with Crippen LogP contribution in [0.15, 0.2) is 54.6 Å². The lowest BCUT2D eigenvalue weighted by Gasteiger charge is -2.10. The van der Waals surface area contributed by atoms with Gasteiger partial charge in [-0.3, -0.25) is 4.79 Å². The standard InChI is InChI=1S/C22H21Cl2N3O4/c1-2-29-17-6-3-15(4-7-17)19-9-10-22(27-26-19)30-12-11-25-21(28)14-31-20-13-16(23)5-8-18(20)24/h3-10,13H,2,11-12,14H2,1H3,(H,25,28). The zero-order valence-electron chi connectivity index (χ0n) is 16.8. The van der Waals surface area contributed by atoms with Crippen molar-refractivity contribution in [3.8, 4) is 28.6 Å². The molecular formula is C22H21Cl2N3O4. The summed E-state index contributed by atoms with van der Waals surface area (Å²) in [4.78, 5) is 11.9. The van der Waals surface area contributed by atoms with E-state index in [2.05, 4.69) is 15.5 Å². The molecule has 0 saturated carbocycles. The number of nitrogens with zero attached hydrogens (tertiary/aromatic N) is 2. The zero-order chi connectivity index (χ0) is 22.1. The molecule has 0 saturated heterocycles. The van der Waals surface area contributed by atoms with Gasteiger partial charge in [-0.1, -0.05) is 23.2 Å². The van der Waals surface area contributed by atoms with Crippen molar-refractivity contribution in [1.29, 1.82) is 0 Å². The summed E-state index contributed by atoms with van der Waals surface area (Å²) in [5.74, 6) is 1.22. The molecular weight excluding hydrogens is 441 g/mol. The Morgan fingerprint density at radius 1 is 0.968 bits per heavy atom. The summed E-state index contributed by atoms with van der Waals surface area (Å²) in [5.41, 5.74) is 1.65. The second-order valence-electron chi connectivity index (χ2n) is 6.28. The van der Waals surface area contributed by atoms with Gasteiger partial charge in [-0.15, -0.1) is 10.2 Å². The smallest absolute Gasteiger partial charge is 0.258 e. The molecule has 0 fully saturated rings. The molecule has 1 amide bonds. The number of amides is 1. The van der Waals surface area contributed by atoms with E-state index in [1.165, 1.54) is 0 Å². The van der Waals surface area contributed by atoms with Gasteiger partial charge in [0.25, 0.3) is 5.91 Å². The molecule has 2 aromatic carbocycles. The highest BCUT2D eigenvalue weighted by molar-refractivity contribution is 6.34. The first-order chi connectivity index (χ1) is 15.0. The molecule has 0 aliphatic heterocycles. The van der Waals surface area contributed by atoms with Crippen LogP contribution in [0, 0.1) is 0 Å². The van der Waals surface area contributed by atoms with Crippen molar-refractivity contribution in [2.24, 2.45) is 0 Å². The predicted molar refractivity (Wildman–Crippen MR) is 119 cm³/mol. The lowest BCUT2D eigenvalue weighted by molar-refractivity contribution is -0.123. The number of hydrogen-bond donors (Lipinski definition) is 1. The van der Waals surface area contributed by atoms with Crippen LogP contribution in [0.1, 0.15) is 6.92 Å². The average Bonchev–Trinajstić information content (AvgIpc) is 2.78. The summed E-state index contributed by atoms with van der Waals surface area (Å²) in [6.07, 6.45) is 0. The van der Waals surface area contributed by atoms with E-state index in [9.17, 15) is 4.79 Å². The number of aromatic nitrogens is 2. The minimum absolute atomic E-state index is 0.184. The van der Waals surface area contributed by atoms with Crippen molar-refractivity contribution in [2.75, 3.05) is 26.4 Å². The molecule has 0 radical (unpaired) electrons. The fourth-order valence-corrected chi connectivity index (χ4v) is 2.90. The number of carbonyl (C=O) groups is 1. The number of nitrogens with one attached hydrogen (secondary N) is 1. The second kappa shape index (κ2) is 11.4. The quantitative estimate of drug-likeness (QED) is 0.449. The molecule has 3 rings (SSSR count). The van der Waals surface area contributed by atoms with E-state index in [4.69, 9.17) is 37.4 Å². The number of ether oxygens (including phenoxy) is 3. The number of carbonyl (C=O) groups excluding carboxylic acids is 1. The predicted octanol–water partition coefficient (Wildman–Crippen LogP) is 4.42. The third-order valence-electron chi connectivity index (χ3n) is 4.03. The van der Waals surface area contributed by atoms with Crippen molar-refractivity contribution < 1.29 is 19.0 Å². The van der Waals surface area contributed by atoms with E-state index in [-0.39, 0.29) is 25.7 Å². The molecule has 162 valence electrons. The van der Waals surface area contributed by atoms with Crippen molar-refractivity contribution >= 4 is 29.1 Å². The van der Waals surface area contributed by atoms with Gasteiger partial charge in [-0.25, -0.2) is 0 Å². The monoisotopic (exact) mass is 461 g/mol. The number of rotatable bonds is 10. The highest BCUT2D eigenvalue weighted by Gasteiger charge is 2.07. The van der Waals surface area contributed by atoms with Crippen LogP contribution in [0.25, 0.3) is 11.3 Å². The van der Waals surface area contributed by atoms with Gasteiger partial charge in [0.05, 0.1) is 23.9 Å². The fraction of sp³-hybridized carbons (Fsp3) is 0.227. The maximum atomic E-state index is 11.9. The fourth-order valence-electron chi connectivity index (χ4n) is 2.57. The van der Waals surface area contributed by atoms with E-state index in [1.54, 1.807) is 24.3 Å². The average molecular weight is 462 g/mol.